The van der Waals surface area contributed by atoms with E-state index in [9.17, 15) is 33.1 Å². The summed E-state index contributed by atoms with van der Waals surface area (Å²) >= 11 is 13.8. The van der Waals surface area contributed by atoms with Crippen molar-refractivity contribution in [3.8, 4) is 21.9 Å². The van der Waals surface area contributed by atoms with Crippen LogP contribution >= 0.6 is 34.5 Å². The smallest absolute Gasteiger partial charge is 0.387 e. The number of unbranched alkanes of at least 4 members (excludes halogenated alkanes) is 7. The van der Waals surface area contributed by atoms with Gasteiger partial charge in [0.05, 0.1) is 44.5 Å². The molecular weight excluding hydrogens is 890 g/mol. The maximum atomic E-state index is 14.0. The number of ether oxygens (including phenoxy) is 2. The second-order valence-electron chi connectivity index (χ2n) is 16.8. The fourth-order valence-corrected chi connectivity index (χ4v) is 8.59. The Labute approximate surface area is 386 Å². The lowest BCUT2D eigenvalue weighted by Gasteiger charge is -2.35. The number of β-amino-alcohol motifs (C(OH)–C–C–N with tert-alkyl or cyclic N) is 1. The van der Waals surface area contributed by atoms with E-state index in [1.165, 1.54) is 35.5 Å². The third-order valence-corrected chi connectivity index (χ3v) is 12.3. The Balaban J connectivity index is 0.992. The van der Waals surface area contributed by atoms with E-state index in [1.54, 1.807) is 16.8 Å². The maximum Gasteiger partial charge on any atom is 0.387 e. The van der Waals surface area contributed by atoms with Crippen molar-refractivity contribution in [2.45, 2.75) is 123 Å². The zero-order valence-electron chi connectivity index (χ0n) is 36.4. The predicted octanol–water partition coefficient (Wildman–Crippen LogP) is 9.37. The molecule has 0 aliphatic carbocycles. The predicted molar refractivity (Wildman–Crippen MR) is 244 cm³/mol. The molecule has 0 saturated carbocycles. The molecule has 1 aliphatic rings. The molecule has 4 amide bonds. The van der Waals surface area contributed by atoms with Crippen LogP contribution in [0.1, 0.15) is 107 Å². The van der Waals surface area contributed by atoms with Crippen molar-refractivity contribution >= 4 is 63.9 Å². The maximum absolute atomic E-state index is 14.0. The summed E-state index contributed by atoms with van der Waals surface area (Å²) in [7, 11) is 0. The minimum absolute atomic E-state index is 0.000593. The van der Waals surface area contributed by atoms with Crippen LogP contribution in [0.3, 0.4) is 0 Å². The normalized spacial score (nSPS) is 15.5. The number of carbonyl (C=O) groups is 4. The largest absolute Gasteiger partial charge is 0.490 e. The number of benzene rings is 2. The number of thiazole rings is 1. The molecule has 4 N–H and O–H groups in total. The van der Waals surface area contributed by atoms with Crippen LogP contribution in [-0.4, -0.2) is 81.6 Å². The molecule has 64 heavy (non-hydrogen) atoms. The quantitative estimate of drug-likeness (QED) is 0.0561. The van der Waals surface area contributed by atoms with Crippen molar-refractivity contribution in [2.24, 2.45) is 5.41 Å². The van der Waals surface area contributed by atoms with Gasteiger partial charge in [0.1, 0.15) is 12.1 Å². The van der Waals surface area contributed by atoms with E-state index in [2.05, 4.69) is 30.7 Å². The van der Waals surface area contributed by atoms with Gasteiger partial charge in [-0.25, -0.2) is 4.98 Å². The van der Waals surface area contributed by atoms with Gasteiger partial charge in [-0.2, -0.15) is 8.78 Å². The molecule has 2 aromatic heterocycles. The minimum atomic E-state index is -3.08. The zero-order valence-corrected chi connectivity index (χ0v) is 38.8. The number of aromatic nitrogens is 2. The van der Waals surface area contributed by atoms with Gasteiger partial charge in [0.25, 0.3) is 5.91 Å². The van der Waals surface area contributed by atoms with Crippen molar-refractivity contribution in [3.63, 3.8) is 0 Å². The summed E-state index contributed by atoms with van der Waals surface area (Å²) in [5, 5.41) is 19.3. The SMILES string of the molecule is Cc1ncsc1-c1ccc(CNC(=O)C2CC(O)CN2C(=O)C(NC(=O)CCCCCCCCCCOc2cc(C(=O)Nc3c(Cl)cncc3Cl)ccc2OC(F)F)C(C)(C)C)cc1. The van der Waals surface area contributed by atoms with Gasteiger partial charge in [0, 0.05) is 43.9 Å². The Hall–Kier alpha value is -4.90. The average Bonchev–Trinajstić information content (AvgIpc) is 3.87. The number of hydrogen-bond donors (Lipinski definition) is 4. The molecule has 0 bridgehead atoms. The molecule has 5 rings (SSSR count). The van der Waals surface area contributed by atoms with Crippen LogP contribution in [0.5, 0.6) is 11.5 Å². The third kappa shape index (κ3) is 14.6. The summed E-state index contributed by atoms with van der Waals surface area (Å²) in [5.41, 5.74) is 4.34. The summed E-state index contributed by atoms with van der Waals surface area (Å²) in [6.07, 6.45) is 8.84. The molecule has 3 unspecified atom stereocenters. The van der Waals surface area contributed by atoms with Crippen LogP contribution in [0.15, 0.2) is 60.4 Å². The van der Waals surface area contributed by atoms with Gasteiger partial charge in [-0.15, -0.1) is 11.3 Å². The number of aliphatic hydroxyl groups excluding tert-OH is 1. The number of nitrogens with zero attached hydrogens (tertiary/aromatic N) is 3. The minimum Gasteiger partial charge on any atom is -0.490 e. The highest BCUT2D eigenvalue weighted by atomic mass is 35.5. The van der Waals surface area contributed by atoms with Crippen LogP contribution in [0.25, 0.3) is 10.4 Å². The van der Waals surface area contributed by atoms with Gasteiger partial charge < -0.3 is 35.4 Å². The Morgan fingerprint density at radius 1 is 0.938 bits per heavy atom. The van der Waals surface area contributed by atoms with Gasteiger partial charge in [-0.1, -0.05) is 107 Å². The van der Waals surface area contributed by atoms with Gasteiger partial charge in [-0.05, 0) is 54.5 Å². The second-order valence-corrected chi connectivity index (χ2v) is 18.5. The van der Waals surface area contributed by atoms with Gasteiger partial charge in [-0.3, -0.25) is 24.2 Å². The molecule has 18 heteroatoms. The molecule has 0 radical (unpaired) electrons. The van der Waals surface area contributed by atoms with Crippen LogP contribution < -0.4 is 25.4 Å². The zero-order chi connectivity index (χ0) is 46.4. The van der Waals surface area contributed by atoms with E-state index in [1.807, 2.05) is 52.0 Å². The van der Waals surface area contributed by atoms with Crippen molar-refractivity contribution in [2.75, 3.05) is 18.5 Å². The van der Waals surface area contributed by atoms with E-state index in [4.69, 9.17) is 27.9 Å². The van der Waals surface area contributed by atoms with Gasteiger partial charge in [0.15, 0.2) is 11.5 Å². The lowest BCUT2D eigenvalue weighted by Crippen LogP contribution is -2.57. The fraction of sp³-hybridized carbons (Fsp3) is 0.478. The first kappa shape index (κ1) is 50.1. The number of nitrogens with one attached hydrogen (secondary N) is 3. The van der Waals surface area contributed by atoms with Crippen LogP contribution in [0.4, 0.5) is 14.5 Å². The van der Waals surface area contributed by atoms with E-state index in [0.717, 1.165) is 60.2 Å². The van der Waals surface area contributed by atoms with Crippen molar-refractivity contribution in [3.05, 3.63) is 87.2 Å². The van der Waals surface area contributed by atoms with Crippen LogP contribution in [-0.2, 0) is 20.9 Å². The number of aryl methyl sites for hydroxylation is 1. The van der Waals surface area contributed by atoms with Crippen LogP contribution in [0, 0.1) is 12.3 Å². The summed E-state index contributed by atoms with van der Waals surface area (Å²) in [4.78, 5) is 64.1. The molecule has 0 spiro atoms. The van der Waals surface area contributed by atoms with Gasteiger partial charge >= 0.3 is 6.61 Å². The summed E-state index contributed by atoms with van der Waals surface area (Å²) in [6, 6.07) is 9.99. The molecule has 1 saturated heterocycles. The fourth-order valence-electron chi connectivity index (χ4n) is 7.32. The standard InChI is InChI=1S/C46H56Cl2F2N6O7S/c1-28-40(64-27-53-28)30-16-14-29(15-17-30)23-52-43(60)35-22-32(57)26-56(35)44(61)41(46(2,3)4)54-38(58)13-11-9-7-5-6-8-10-12-20-62-37-21-31(18-19-36(37)63-45(49)50)42(59)55-39-33(47)24-51-25-34(39)48/h14-19,21,24-25,27,32,35,41,45,57H,5-13,20,22-23,26H2,1-4H3,(H,52,60)(H,54,58)(H,51,55,59). The number of amides is 4. The van der Waals surface area contributed by atoms with E-state index < -0.39 is 42.0 Å². The highest BCUT2D eigenvalue weighted by molar-refractivity contribution is 7.13. The molecule has 3 atom stereocenters. The highest BCUT2D eigenvalue weighted by Crippen LogP contribution is 2.33. The van der Waals surface area contributed by atoms with Crippen molar-refractivity contribution < 1.29 is 42.5 Å². The number of likely N-dealkylation sites (tertiary alicyclic amines) is 1. The Kier molecular flexibility index (Phi) is 18.7. The second kappa shape index (κ2) is 23.9. The number of hydrogen-bond acceptors (Lipinski definition) is 10. The molecule has 3 heterocycles. The Bertz CT molecular complexity index is 2190. The number of halogens is 4. The number of alkyl halides is 2. The first-order chi connectivity index (χ1) is 30.5. The molecule has 1 fully saturated rings. The molecule has 4 aromatic rings. The van der Waals surface area contributed by atoms with E-state index >= 15 is 0 Å². The van der Waals surface area contributed by atoms with E-state index in [0.29, 0.717) is 12.8 Å². The Morgan fingerprint density at radius 3 is 2.22 bits per heavy atom. The van der Waals surface area contributed by atoms with E-state index in [-0.39, 0.29) is 77.1 Å². The number of aliphatic hydroxyl groups is 1. The summed E-state index contributed by atoms with van der Waals surface area (Å²) < 4.78 is 36.5. The number of anilines is 1. The molecule has 346 valence electrons. The average molecular weight is 946 g/mol. The van der Waals surface area contributed by atoms with Crippen LogP contribution in [0.2, 0.25) is 10.0 Å². The highest BCUT2D eigenvalue weighted by Gasteiger charge is 2.44. The number of rotatable bonds is 22. The molecule has 2 aromatic carbocycles. The lowest BCUT2D eigenvalue weighted by molar-refractivity contribution is -0.144. The van der Waals surface area contributed by atoms with Gasteiger partial charge in [0.2, 0.25) is 17.7 Å². The first-order valence-corrected chi connectivity index (χ1v) is 23.0. The van der Waals surface area contributed by atoms with Crippen molar-refractivity contribution in [1.82, 2.24) is 25.5 Å². The lowest BCUT2D eigenvalue weighted by atomic mass is 9.85. The number of carbonyl (C=O) groups excluding carboxylic acids is 4. The molecule has 1 aliphatic heterocycles. The topological polar surface area (TPSA) is 172 Å². The first-order valence-electron chi connectivity index (χ1n) is 21.4. The third-order valence-electron chi connectivity index (χ3n) is 10.8. The molecule has 13 nitrogen and oxygen atoms in total. The summed E-state index contributed by atoms with van der Waals surface area (Å²) in [5.74, 6) is -1.79. The number of pyridine rings is 1. The monoisotopic (exact) mass is 944 g/mol. The summed E-state index contributed by atoms with van der Waals surface area (Å²) in [6.45, 7) is 4.94. The van der Waals surface area contributed by atoms with Crippen molar-refractivity contribution in [1.29, 1.82) is 0 Å². The Morgan fingerprint density at radius 2 is 1.59 bits per heavy atom. The molecular formula is C46H56Cl2F2N6O7S.